The molecule has 0 aliphatic heterocycles. The van der Waals surface area contributed by atoms with Gasteiger partial charge in [-0.05, 0) is 23.3 Å². The van der Waals surface area contributed by atoms with Crippen molar-refractivity contribution in [3.05, 3.63) is 113 Å². The van der Waals surface area contributed by atoms with Crippen LogP contribution < -0.4 is 10.5 Å². The Balaban J connectivity index is 1.81. The van der Waals surface area contributed by atoms with Crippen LogP contribution in [0.15, 0.2) is 100 Å². The van der Waals surface area contributed by atoms with E-state index in [0.717, 1.165) is 11.1 Å². The Morgan fingerprint density at radius 1 is 0.692 bits per heavy atom. The average molecular weight is 341 g/mol. The van der Waals surface area contributed by atoms with Gasteiger partial charge in [-0.15, -0.1) is 0 Å². The number of anilines is 1. The molecule has 0 unspecified atom stereocenters. The van der Waals surface area contributed by atoms with E-state index in [4.69, 9.17) is 4.42 Å². The van der Waals surface area contributed by atoms with Gasteiger partial charge < -0.3 is 9.32 Å². The molecule has 26 heavy (non-hydrogen) atoms. The summed E-state index contributed by atoms with van der Waals surface area (Å²) < 4.78 is 5.37. The largest absolute Gasteiger partial charge is 0.423 e. The van der Waals surface area contributed by atoms with Gasteiger partial charge in [0.25, 0.3) is 0 Å². The van der Waals surface area contributed by atoms with Crippen molar-refractivity contribution < 1.29 is 4.42 Å². The molecule has 0 bridgehead atoms. The minimum Gasteiger partial charge on any atom is -0.423 e. The van der Waals surface area contributed by atoms with Crippen molar-refractivity contribution >= 4 is 16.7 Å². The lowest BCUT2D eigenvalue weighted by molar-refractivity contribution is 0.560. The zero-order chi connectivity index (χ0) is 17.8. The van der Waals surface area contributed by atoms with Crippen LogP contribution in [0.4, 0.5) is 5.69 Å². The summed E-state index contributed by atoms with van der Waals surface area (Å²) in [6.07, 6.45) is 0. The maximum atomic E-state index is 12.1. The molecule has 4 rings (SSSR count). The fourth-order valence-electron chi connectivity index (χ4n) is 3.19. The highest BCUT2D eigenvalue weighted by molar-refractivity contribution is 5.90. The molecular weight excluding hydrogens is 322 g/mol. The molecule has 0 aliphatic carbocycles. The number of rotatable bonds is 5. The summed E-state index contributed by atoms with van der Waals surface area (Å²) in [4.78, 5) is 14.3. The number of nitrogens with zero attached hydrogens (tertiary/aromatic N) is 1. The predicted molar refractivity (Wildman–Crippen MR) is 105 cm³/mol. The lowest BCUT2D eigenvalue weighted by Gasteiger charge is -2.26. The standard InChI is InChI=1S/C23H19NO2/c25-23-15-21(20-13-7-8-14-22(20)26-23)24(16-18-9-3-1-4-10-18)17-19-11-5-2-6-12-19/h1-15H,16-17H2. The minimum absolute atomic E-state index is 0.329. The SMILES string of the molecule is O=c1cc(N(Cc2ccccc2)Cc2ccccc2)c2ccccc2o1. The van der Waals surface area contributed by atoms with E-state index in [1.165, 1.54) is 11.1 Å². The van der Waals surface area contributed by atoms with E-state index in [1.54, 1.807) is 6.07 Å². The maximum Gasteiger partial charge on any atom is 0.338 e. The van der Waals surface area contributed by atoms with Crippen LogP contribution >= 0.6 is 0 Å². The van der Waals surface area contributed by atoms with Crippen molar-refractivity contribution in [3.63, 3.8) is 0 Å². The summed E-state index contributed by atoms with van der Waals surface area (Å²) in [7, 11) is 0. The molecule has 0 spiro atoms. The first-order valence-corrected chi connectivity index (χ1v) is 8.65. The van der Waals surface area contributed by atoms with E-state index in [0.29, 0.717) is 18.7 Å². The Labute approximate surface area is 152 Å². The van der Waals surface area contributed by atoms with Gasteiger partial charge in [0, 0.05) is 24.5 Å². The van der Waals surface area contributed by atoms with Crippen LogP contribution in [0.25, 0.3) is 11.0 Å². The minimum atomic E-state index is -0.329. The Kier molecular flexibility index (Phi) is 4.52. The fourth-order valence-corrected chi connectivity index (χ4v) is 3.19. The van der Waals surface area contributed by atoms with E-state index in [-0.39, 0.29) is 5.63 Å². The molecule has 0 fully saturated rings. The molecule has 3 aromatic carbocycles. The second kappa shape index (κ2) is 7.28. The van der Waals surface area contributed by atoms with Crippen molar-refractivity contribution in [2.24, 2.45) is 0 Å². The van der Waals surface area contributed by atoms with Crippen LogP contribution in [0.5, 0.6) is 0 Å². The summed E-state index contributed by atoms with van der Waals surface area (Å²) in [6, 6.07) is 29.8. The van der Waals surface area contributed by atoms with Crippen molar-refractivity contribution in [3.8, 4) is 0 Å². The second-order valence-corrected chi connectivity index (χ2v) is 6.27. The third-order valence-electron chi connectivity index (χ3n) is 4.40. The van der Waals surface area contributed by atoms with Gasteiger partial charge >= 0.3 is 5.63 Å². The first-order valence-electron chi connectivity index (χ1n) is 8.65. The highest BCUT2D eigenvalue weighted by Crippen LogP contribution is 2.27. The molecule has 0 N–H and O–H groups in total. The average Bonchev–Trinajstić information content (AvgIpc) is 2.68. The zero-order valence-electron chi connectivity index (χ0n) is 14.3. The van der Waals surface area contributed by atoms with Gasteiger partial charge in [0.1, 0.15) is 5.58 Å². The van der Waals surface area contributed by atoms with Crippen LogP contribution in [-0.4, -0.2) is 0 Å². The third kappa shape index (κ3) is 3.52. The van der Waals surface area contributed by atoms with E-state index < -0.39 is 0 Å². The van der Waals surface area contributed by atoms with Gasteiger partial charge in [0.2, 0.25) is 0 Å². The Morgan fingerprint density at radius 3 is 1.85 bits per heavy atom. The predicted octanol–water partition coefficient (Wildman–Crippen LogP) is 5.00. The van der Waals surface area contributed by atoms with Gasteiger partial charge in [-0.3, -0.25) is 0 Å². The van der Waals surface area contributed by atoms with E-state index in [9.17, 15) is 4.79 Å². The molecule has 0 radical (unpaired) electrons. The Bertz CT molecular complexity index is 1010. The molecule has 0 saturated carbocycles. The van der Waals surface area contributed by atoms with Gasteiger partial charge in [-0.25, -0.2) is 4.79 Å². The van der Waals surface area contributed by atoms with Crippen LogP contribution in [0, 0.1) is 0 Å². The molecule has 128 valence electrons. The smallest absolute Gasteiger partial charge is 0.338 e. The fraction of sp³-hybridized carbons (Fsp3) is 0.0870. The molecule has 0 atom stereocenters. The topological polar surface area (TPSA) is 33.5 Å². The van der Waals surface area contributed by atoms with Crippen LogP contribution in [-0.2, 0) is 13.1 Å². The summed E-state index contributed by atoms with van der Waals surface area (Å²) in [5, 5.41) is 0.943. The monoisotopic (exact) mass is 341 g/mol. The van der Waals surface area contributed by atoms with Crippen molar-refractivity contribution in [1.29, 1.82) is 0 Å². The summed E-state index contributed by atoms with van der Waals surface area (Å²) in [5.74, 6) is 0. The van der Waals surface area contributed by atoms with Crippen molar-refractivity contribution in [1.82, 2.24) is 0 Å². The molecular formula is C23H19NO2. The molecule has 0 saturated heterocycles. The lowest BCUT2D eigenvalue weighted by atomic mass is 10.1. The Hall–Kier alpha value is -3.33. The quantitative estimate of drug-likeness (QED) is 0.479. The number of para-hydroxylation sites is 1. The summed E-state index contributed by atoms with van der Waals surface area (Å²) in [6.45, 7) is 1.42. The van der Waals surface area contributed by atoms with E-state index in [2.05, 4.69) is 29.2 Å². The van der Waals surface area contributed by atoms with E-state index in [1.807, 2.05) is 60.7 Å². The molecule has 1 heterocycles. The van der Waals surface area contributed by atoms with Crippen LogP contribution in [0.2, 0.25) is 0 Å². The normalized spacial score (nSPS) is 10.8. The van der Waals surface area contributed by atoms with Gasteiger partial charge in [0.05, 0.1) is 5.69 Å². The lowest BCUT2D eigenvalue weighted by Crippen LogP contribution is -2.23. The first-order chi connectivity index (χ1) is 12.8. The molecule has 0 amide bonds. The molecule has 1 aromatic heterocycles. The number of hydrogen-bond acceptors (Lipinski definition) is 3. The highest BCUT2D eigenvalue weighted by atomic mass is 16.4. The molecule has 3 nitrogen and oxygen atoms in total. The van der Waals surface area contributed by atoms with Gasteiger partial charge in [0.15, 0.2) is 0 Å². The molecule has 4 aromatic rings. The van der Waals surface area contributed by atoms with Crippen LogP contribution in [0.1, 0.15) is 11.1 Å². The summed E-state index contributed by atoms with van der Waals surface area (Å²) >= 11 is 0. The highest BCUT2D eigenvalue weighted by Gasteiger charge is 2.14. The number of benzene rings is 3. The second-order valence-electron chi connectivity index (χ2n) is 6.27. The number of hydrogen-bond donors (Lipinski definition) is 0. The summed E-state index contributed by atoms with van der Waals surface area (Å²) in [5.41, 5.74) is 3.57. The van der Waals surface area contributed by atoms with Crippen molar-refractivity contribution in [2.75, 3.05) is 4.90 Å². The zero-order valence-corrected chi connectivity index (χ0v) is 14.3. The van der Waals surface area contributed by atoms with Crippen molar-refractivity contribution in [2.45, 2.75) is 13.1 Å². The third-order valence-corrected chi connectivity index (χ3v) is 4.40. The molecule has 0 aliphatic rings. The maximum absolute atomic E-state index is 12.1. The van der Waals surface area contributed by atoms with Gasteiger partial charge in [-0.1, -0.05) is 72.8 Å². The Morgan fingerprint density at radius 2 is 1.23 bits per heavy atom. The van der Waals surface area contributed by atoms with E-state index >= 15 is 0 Å². The van der Waals surface area contributed by atoms with Crippen LogP contribution in [0.3, 0.4) is 0 Å². The first kappa shape index (κ1) is 16.2. The number of fused-ring (bicyclic) bond motifs is 1. The molecule has 3 heteroatoms. The van der Waals surface area contributed by atoms with Gasteiger partial charge in [-0.2, -0.15) is 0 Å².